The van der Waals surface area contributed by atoms with Crippen LogP contribution in [0, 0.1) is 11.7 Å². The molecule has 0 bridgehead atoms. The van der Waals surface area contributed by atoms with Crippen molar-refractivity contribution in [1.82, 2.24) is 25.0 Å². The van der Waals surface area contributed by atoms with Gasteiger partial charge in [0.1, 0.15) is 11.9 Å². The number of likely N-dealkylation sites (tertiary alicyclic amines) is 1. The minimum atomic E-state index is -0.920. The molecule has 236 valence electrons. The van der Waals surface area contributed by atoms with Crippen LogP contribution in [0.1, 0.15) is 49.7 Å². The van der Waals surface area contributed by atoms with Gasteiger partial charge in [0.05, 0.1) is 17.2 Å². The number of esters is 1. The SMILES string of the molecule is CCOC(=O)C1=C(CN2CCN(C(=O)N3CCC(CC(=O)O)CC3)[C@H](C)C2)NC(c2nccs2)=N[C@H]1c1cccc(F)c1Cl. The minimum absolute atomic E-state index is 0.0351. The Balaban J connectivity index is 1.36. The number of rotatable bonds is 8. The molecule has 0 radical (unpaired) electrons. The van der Waals surface area contributed by atoms with Crippen molar-refractivity contribution in [3.05, 3.63) is 62.5 Å². The van der Waals surface area contributed by atoms with E-state index in [2.05, 4.69) is 15.2 Å². The average Bonchev–Trinajstić information content (AvgIpc) is 3.54. The molecule has 0 saturated carbocycles. The van der Waals surface area contributed by atoms with E-state index in [1.807, 2.05) is 22.1 Å². The van der Waals surface area contributed by atoms with Gasteiger partial charge in [0.15, 0.2) is 10.8 Å². The number of hydrogen-bond donors (Lipinski definition) is 2. The zero-order chi connectivity index (χ0) is 31.4. The molecule has 11 nitrogen and oxygen atoms in total. The summed E-state index contributed by atoms with van der Waals surface area (Å²) in [6.45, 7) is 6.88. The Hall–Kier alpha value is -3.55. The third kappa shape index (κ3) is 7.05. The molecule has 44 heavy (non-hydrogen) atoms. The maximum absolute atomic E-state index is 14.6. The normalized spacial score (nSPS) is 21.6. The first-order chi connectivity index (χ1) is 21.2. The molecule has 2 N–H and O–H groups in total. The second-order valence-corrected chi connectivity index (χ2v) is 12.5. The molecule has 2 fully saturated rings. The average molecular weight is 647 g/mol. The van der Waals surface area contributed by atoms with Crippen molar-refractivity contribution in [2.75, 3.05) is 45.9 Å². The monoisotopic (exact) mass is 646 g/mol. The largest absolute Gasteiger partial charge is 0.481 e. The van der Waals surface area contributed by atoms with Crippen molar-refractivity contribution in [1.29, 1.82) is 0 Å². The Morgan fingerprint density at radius 2 is 1.98 bits per heavy atom. The molecule has 0 unspecified atom stereocenters. The first kappa shape index (κ1) is 31.9. The number of carboxylic acid groups (broad SMARTS) is 1. The first-order valence-corrected chi connectivity index (χ1v) is 16.0. The predicted octanol–water partition coefficient (Wildman–Crippen LogP) is 4.16. The molecule has 3 aliphatic heterocycles. The lowest BCUT2D eigenvalue weighted by molar-refractivity contribution is -0.139. The topological polar surface area (TPSA) is 128 Å². The highest BCUT2D eigenvalue weighted by Crippen LogP contribution is 2.37. The van der Waals surface area contributed by atoms with Gasteiger partial charge in [-0.25, -0.2) is 19.0 Å². The van der Waals surface area contributed by atoms with Gasteiger partial charge in [-0.05, 0) is 38.7 Å². The number of ether oxygens (including phenoxy) is 1. The first-order valence-electron chi connectivity index (χ1n) is 14.7. The highest BCUT2D eigenvalue weighted by atomic mass is 35.5. The summed E-state index contributed by atoms with van der Waals surface area (Å²) in [6.07, 6.45) is 3.16. The number of urea groups is 1. The standard InChI is InChI=1S/C30H36ClFN6O5S/c1-3-43-29(41)24-22(34-27(28-33-9-14-44-28)35-26(24)20-5-4-6-21(32)25(20)31)17-36-12-13-38(18(2)16-36)30(42)37-10-7-19(8-11-37)15-23(39)40/h4-6,9,14,18-19,26H,3,7-8,10-13,15-17H2,1-2H3,(H,34,35)(H,39,40)/t18-,26+/m1/s1. The number of aromatic nitrogens is 1. The zero-order valence-corrected chi connectivity index (χ0v) is 26.2. The van der Waals surface area contributed by atoms with Crippen LogP contribution in [-0.4, -0.2) is 101 Å². The van der Waals surface area contributed by atoms with E-state index in [9.17, 15) is 18.8 Å². The van der Waals surface area contributed by atoms with Crippen molar-refractivity contribution >= 4 is 46.7 Å². The molecule has 1 aromatic carbocycles. The van der Waals surface area contributed by atoms with Crippen LogP contribution in [0.2, 0.25) is 5.02 Å². The molecule has 2 amide bonds. The van der Waals surface area contributed by atoms with E-state index in [-0.39, 0.29) is 41.6 Å². The van der Waals surface area contributed by atoms with Gasteiger partial charge in [0.2, 0.25) is 0 Å². The van der Waals surface area contributed by atoms with Crippen LogP contribution < -0.4 is 5.32 Å². The van der Waals surface area contributed by atoms with E-state index in [4.69, 9.17) is 26.4 Å². The maximum Gasteiger partial charge on any atom is 0.338 e. The smallest absolute Gasteiger partial charge is 0.338 e. The van der Waals surface area contributed by atoms with Crippen LogP contribution in [0.3, 0.4) is 0 Å². The second kappa shape index (κ2) is 14.0. The predicted molar refractivity (Wildman–Crippen MR) is 164 cm³/mol. The molecule has 0 aliphatic carbocycles. The van der Waals surface area contributed by atoms with Crippen LogP contribution in [0.25, 0.3) is 0 Å². The molecular formula is C30H36ClFN6O5S. The van der Waals surface area contributed by atoms with Gasteiger partial charge in [-0.15, -0.1) is 11.3 Å². The summed E-state index contributed by atoms with van der Waals surface area (Å²) in [5.74, 6) is -1.45. The Labute approximate surface area is 264 Å². The number of carbonyl (C=O) groups is 3. The molecule has 14 heteroatoms. The summed E-state index contributed by atoms with van der Waals surface area (Å²) in [5, 5.41) is 14.7. The number of aliphatic imine (C=N–C) groups is 1. The van der Waals surface area contributed by atoms with Crippen LogP contribution >= 0.6 is 22.9 Å². The minimum Gasteiger partial charge on any atom is -0.481 e. The maximum atomic E-state index is 14.6. The molecule has 1 aromatic heterocycles. The van der Waals surface area contributed by atoms with Crippen molar-refractivity contribution in [3.63, 3.8) is 0 Å². The number of amides is 2. The number of nitrogens with one attached hydrogen (secondary N) is 1. The second-order valence-electron chi connectivity index (χ2n) is 11.2. The molecular weight excluding hydrogens is 611 g/mol. The number of aliphatic carboxylic acids is 1. The number of halogens is 2. The third-order valence-corrected chi connectivity index (χ3v) is 9.40. The lowest BCUT2D eigenvalue weighted by atomic mass is 9.94. The number of carboxylic acids is 1. The Bertz CT molecular complexity index is 1450. The third-order valence-electron chi connectivity index (χ3n) is 8.22. The lowest BCUT2D eigenvalue weighted by Crippen LogP contribution is -2.58. The summed E-state index contributed by atoms with van der Waals surface area (Å²) in [6, 6.07) is 3.38. The van der Waals surface area contributed by atoms with Crippen LogP contribution in [0.15, 0.2) is 46.0 Å². The van der Waals surface area contributed by atoms with E-state index in [0.717, 1.165) is 0 Å². The number of carbonyl (C=O) groups excluding carboxylic acids is 2. The van der Waals surface area contributed by atoms with E-state index in [0.29, 0.717) is 74.2 Å². The lowest BCUT2D eigenvalue weighted by Gasteiger charge is -2.43. The molecule has 5 rings (SSSR count). The summed E-state index contributed by atoms with van der Waals surface area (Å²) in [7, 11) is 0. The fourth-order valence-electron chi connectivity index (χ4n) is 6.02. The van der Waals surface area contributed by atoms with E-state index in [1.54, 1.807) is 19.2 Å². The highest BCUT2D eigenvalue weighted by molar-refractivity contribution is 7.11. The molecule has 0 spiro atoms. The molecule has 4 heterocycles. The van der Waals surface area contributed by atoms with Crippen molar-refractivity contribution in [2.45, 2.75) is 45.2 Å². The molecule has 2 aromatic rings. The number of hydrogen-bond acceptors (Lipinski definition) is 9. The molecule has 2 atom stereocenters. The summed E-state index contributed by atoms with van der Waals surface area (Å²) >= 11 is 7.79. The molecule has 3 aliphatic rings. The van der Waals surface area contributed by atoms with E-state index in [1.165, 1.54) is 23.5 Å². The van der Waals surface area contributed by atoms with Gasteiger partial charge in [-0.1, -0.05) is 23.7 Å². The number of piperazine rings is 1. The highest BCUT2D eigenvalue weighted by Gasteiger charge is 2.37. The fraction of sp³-hybridized carbons (Fsp3) is 0.500. The van der Waals surface area contributed by atoms with E-state index >= 15 is 0 Å². The number of piperidine rings is 1. The van der Waals surface area contributed by atoms with Crippen LogP contribution in [0.5, 0.6) is 0 Å². The zero-order valence-electron chi connectivity index (χ0n) is 24.7. The van der Waals surface area contributed by atoms with Crippen molar-refractivity contribution in [3.8, 4) is 0 Å². The Morgan fingerprint density at radius 3 is 2.64 bits per heavy atom. The van der Waals surface area contributed by atoms with Gasteiger partial charge >= 0.3 is 18.0 Å². The van der Waals surface area contributed by atoms with Gasteiger partial charge in [0, 0.05) is 74.6 Å². The number of benzene rings is 1. The number of thiazole rings is 1. The molecule has 2 saturated heterocycles. The Morgan fingerprint density at radius 1 is 1.20 bits per heavy atom. The van der Waals surface area contributed by atoms with Gasteiger partial charge < -0.3 is 25.0 Å². The van der Waals surface area contributed by atoms with Crippen LogP contribution in [0.4, 0.5) is 9.18 Å². The summed E-state index contributed by atoms with van der Waals surface area (Å²) in [5.41, 5.74) is 1.15. The van der Waals surface area contributed by atoms with Gasteiger partial charge in [-0.3, -0.25) is 14.7 Å². The quantitative estimate of drug-likeness (QED) is 0.410. The van der Waals surface area contributed by atoms with Gasteiger partial charge in [0.25, 0.3) is 0 Å². The van der Waals surface area contributed by atoms with Crippen molar-refractivity contribution in [2.24, 2.45) is 10.9 Å². The van der Waals surface area contributed by atoms with Gasteiger partial charge in [-0.2, -0.15) is 0 Å². The van der Waals surface area contributed by atoms with Crippen LogP contribution in [-0.2, 0) is 14.3 Å². The fourth-order valence-corrected chi connectivity index (χ4v) is 6.83. The Kier molecular flexibility index (Phi) is 10.2. The number of nitrogens with zero attached hydrogens (tertiary/aromatic N) is 5. The van der Waals surface area contributed by atoms with E-state index < -0.39 is 23.8 Å². The summed E-state index contributed by atoms with van der Waals surface area (Å²) in [4.78, 5) is 52.9. The number of amidine groups is 1. The van der Waals surface area contributed by atoms with Crippen molar-refractivity contribution < 1.29 is 28.6 Å². The summed E-state index contributed by atoms with van der Waals surface area (Å²) < 4.78 is 20.0.